The number of carbonyl (C=O) groups is 3. The maximum absolute atomic E-state index is 12.7. The molecule has 1 aliphatic rings. The summed E-state index contributed by atoms with van der Waals surface area (Å²) in [5.74, 6) is -0.270. The summed E-state index contributed by atoms with van der Waals surface area (Å²) in [4.78, 5) is 38.5. The van der Waals surface area contributed by atoms with Crippen LogP contribution in [0.15, 0.2) is 24.3 Å². The largest absolute Gasteiger partial charge is 0.356 e. The molecule has 1 fully saturated rings. The Balaban J connectivity index is 2.01. The van der Waals surface area contributed by atoms with E-state index in [2.05, 4.69) is 10.6 Å². The molecule has 0 saturated carbocycles. The summed E-state index contributed by atoms with van der Waals surface area (Å²) in [5.41, 5.74) is 0.756. The van der Waals surface area contributed by atoms with Crippen LogP contribution in [0.4, 0.5) is 5.69 Å². The second-order valence-electron chi connectivity index (χ2n) is 7.77. The first-order valence-corrected chi connectivity index (χ1v) is 9.21. The van der Waals surface area contributed by atoms with Crippen molar-refractivity contribution in [3.05, 3.63) is 29.8 Å². The molecular formula is C20H29N3O3. The molecule has 26 heavy (non-hydrogen) atoms. The molecule has 0 aliphatic carbocycles. The molecule has 3 amide bonds. The molecule has 6 heteroatoms. The first-order valence-electron chi connectivity index (χ1n) is 9.21. The van der Waals surface area contributed by atoms with Crippen LogP contribution in [0.25, 0.3) is 0 Å². The van der Waals surface area contributed by atoms with Crippen LogP contribution in [-0.2, 0) is 9.59 Å². The molecule has 1 aliphatic heterocycles. The molecule has 0 aromatic heterocycles. The van der Waals surface area contributed by atoms with E-state index < -0.39 is 5.41 Å². The van der Waals surface area contributed by atoms with Gasteiger partial charge in [0.2, 0.25) is 11.8 Å². The topological polar surface area (TPSA) is 78.5 Å². The highest BCUT2D eigenvalue weighted by molar-refractivity contribution is 5.97. The number of hydrogen-bond acceptors (Lipinski definition) is 3. The van der Waals surface area contributed by atoms with Crippen LogP contribution in [0.3, 0.4) is 0 Å². The Morgan fingerprint density at radius 3 is 2.38 bits per heavy atom. The molecule has 6 nitrogen and oxygen atoms in total. The number of nitrogens with zero attached hydrogens (tertiary/aromatic N) is 1. The lowest BCUT2D eigenvalue weighted by atomic mass is 9.95. The van der Waals surface area contributed by atoms with Gasteiger partial charge in [0.15, 0.2) is 0 Å². The van der Waals surface area contributed by atoms with E-state index in [1.807, 2.05) is 27.7 Å². The molecule has 1 heterocycles. The summed E-state index contributed by atoms with van der Waals surface area (Å²) in [6.45, 7) is 9.16. The van der Waals surface area contributed by atoms with Crippen molar-refractivity contribution in [2.24, 2.45) is 11.3 Å². The second kappa shape index (κ2) is 8.34. The van der Waals surface area contributed by atoms with Gasteiger partial charge in [0.05, 0.1) is 5.92 Å². The quantitative estimate of drug-likeness (QED) is 0.867. The zero-order valence-corrected chi connectivity index (χ0v) is 16.1. The van der Waals surface area contributed by atoms with E-state index in [1.165, 1.54) is 0 Å². The molecular weight excluding hydrogens is 330 g/mol. The van der Waals surface area contributed by atoms with Crippen molar-refractivity contribution in [1.82, 2.24) is 10.2 Å². The van der Waals surface area contributed by atoms with E-state index in [1.54, 1.807) is 29.2 Å². The fraction of sp³-hybridized carbons (Fsp3) is 0.550. The Kier molecular flexibility index (Phi) is 6.40. The van der Waals surface area contributed by atoms with Gasteiger partial charge in [0.1, 0.15) is 0 Å². The van der Waals surface area contributed by atoms with Crippen LogP contribution >= 0.6 is 0 Å². The molecule has 1 saturated heterocycles. The number of nitrogens with one attached hydrogen (secondary N) is 2. The number of carbonyl (C=O) groups excluding carboxylic acids is 3. The molecule has 2 rings (SSSR count). The van der Waals surface area contributed by atoms with Gasteiger partial charge in [-0.3, -0.25) is 14.4 Å². The maximum Gasteiger partial charge on any atom is 0.253 e. The minimum atomic E-state index is -0.476. The van der Waals surface area contributed by atoms with Gasteiger partial charge >= 0.3 is 0 Å². The highest BCUT2D eigenvalue weighted by atomic mass is 16.2. The third-order valence-corrected chi connectivity index (χ3v) is 4.50. The van der Waals surface area contributed by atoms with Crippen molar-refractivity contribution in [2.75, 3.05) is 25.0 Å². The zero-order valence-electron chi connectivity index (χ0n) is 16.1. The van der Waals surface area contributed by atoms with Crippen molar-refractivity contribution in [3.8, 4) is 0 Å². The first-order chi connectivity index (χ1) is 12.2. The number of benzene rings is 1. The van der Waals surface area contributed by atoms with E-state index in [9.17, 15) is 14.4 Å². The standard InChI is InChI=1S/C20H29N3O3/c1-5-21-17(24)15-7-6-12-23(13-15)18(25)14-8-10-16(11-9-14)22-19(26)20(2,3)4/h8-11,15H,5-7,12-13H2,1-4H3,(H,21,24)(H,22,26)/t15-/m0/s1. The molecule has 1 aromatic rings. The van der Waals surface area contributed by atoms with E-state index in [4.69, 9.17) is 0 Å². The predicted molar refractivity (Wildman–Crippen MR) is 102 cm³/mol. The molecule has 2 N–H and O–H groups in total. The number of likely N-dealkylation sites (tertiary alicyclic amines) is 1. The van der Waals surface area contributed by atoms with Gasteiger partial charge in [0, 0.05) is 36.3 Å². The molecule has 142 valence electrons. The molecule has 1 atom stereocenters. The van der Waals surface area contributed by atoms with Gasteiger partial charge in [-0.05, 0) is 44.0 Å². The fourth-order valence-corrected chi connectivity index (χ4v) is 2.89. The zero-order chi connectivity index (χ0) is 19.3. The Bertz CT molecular complexity index is 662. The lowest BCUT2D eigenvalue weighted by Gasteiger charge is -2.32. The highest BCUT2D eigenvalue weighted by Crippen LogP contribution is 2.21. The van der Waals surface area contributed by atoms with E-state index in [-0.39, 0.29) is 23.6 Å². The highest BCUT2D eigenvalue weighted by Gasteiger charge is 2.28. The fourth-order valence-electron chi connectivity index (χ4n) is 2.89. The van der Waals surface area contributed by atoms with Crippen LogP contribution < -0.4 is 10.6 Å². The molecule has 0 bridgehead atoms. The van der Waals surface area contributed by atoms with Gasteiger partial charge < -0.3 is 15.5 Å². The van der Waals surface area contributed by atoms with Crippen LogP contribution in [-0.4, -0.2) is 42.3 Å². The first kappa shape index (κ1) is 19.9. The average molecular weight is 359 g/mol. The van der Waals surface area contributed by atoms with Gasteiger partial charge in [-0.2, -0.15) is 0 Å². The lowest BCUT2D eigenvalue weighted by Crippen LogP contribution is -2.45. The van der Waals surface area contributed by atoms with Crippen LogP contribution in [0, 0.1) is 11.3 Å². The van der Waals surface area contributed by atoms with Crippen molar-refractivity contribution in [1.29, 1.82) is 0 Å². The third kappa shape index (κ3) is 5.07. The summed E-state index contributed by atoms with van der Waals surface area (Å²) in [6, 6.07) is 6.91. The summed E-state index contributed by atoms with van der Waals surface area (Å²) in [5, 5.41) is 5.68. The number of rotatable bonds is 4. The summed E-state index contributed by atoms with van der Waals surface area (Å²) in [7, 11) is 0. The maximum atomic E-state index is 12.7. The van der Waals surface area contributed by atoms with Crippen molar-refractivity contribution in [3.63, 3.8) is 0 Å². The van der Waals surface area contributed by atoms with E-state index in [0.29, 0.717) is 30.9 Å². The van der Waals surface area contributed by atoms with Gasteiger partial charge in [-0.25, -0.2) is 0 Å². The monoisotopic (exact) mass is 359 g/mol. The smallest absolute Gasteiger partial charge is 0.253 e. The minimum Gasteiger partial charge on any atom is -0.356 e. The van der Waals surface area contributed by atoms with Gasteiger partial charge in [-0.1, -0.05) is 20.8 Å². The Morgan fingerprint density at radius 2 is 1.81 bits per heavy atom. The van der Waals surface area contributed by atoms with E-state index >= 15 is 0 Å². The predicted octanol–water partition coefficient (Wildman–Crippen LogP) is 2.66. The van der Waals surface area contributed by atoms with Crippen LogP contribution in [0.2, 0.25) is 0 Å². The average Bonchev–Trinajstić information content (AvgIpc) is 2.61. The Labute approximate surface area is 155 Å². The number of hydrogen-bond donors (Lipinski definition) is 2. The number of anilines is 1. The number of amides is 3. The Hall–Kier alpha value is -2.37. The third-order valence-electron chi connectivity index (χ3n) is 4.50. The van der Waals surface area contributed by atoms with Crippen LogP contribution in [0.5, 0.6) is 0 Å². The van der Waals surface area contributed by atoms with Crippen LogP contribution in [0.1, 0.15) is 50.9 Å². The summed E-state index contributed by atoms with van der Waals surface area (Å²) >= 11 is 0. The Morgan fingerprint density at radius 1 is 1.15 bits per heavy atom. The molecule has 0 unspecified atom stereocenters. The molecule has 0 spiro atoms. The van der Waals surface area contributed by atoms with Crippen molar-refractivity contribution >= 4 is 23.4 Å². The normalized spacial score (nSPS) is 17.5. The van der Waals surface area contributed by atoms with Crippen molar-refractivity contribution < 1.29 is 14.4 Å². The van der Waals surface area contributed by atoms with E-state index in [0.717, 1.165) is 12.8 Å². The second-order valence-corrected chi connectivity index (χ2v) is 7.77. The minimum absolute atomic E-state index is 0.0187. The van der Waals surface area contributed by atoms with Gasteiger partial charge in [-0.15, -0.1) is 0 Å². The van der Waals surface area contributed by atoms with Gasteiger partial charge in [0.25, 0.3) is 5.91 Å². The lowest BCUT2D eigenvalue weighted by molar-refractivity contribution is -0.126. The molecule has 1 aromatic carbocycles. The summed E-state index contributed by atoms with van der Waals surface area (Å²) in [6.07, 6.45) is 1.64. The number of piperidine rings is 1. The SMILES string of the molecule is CCNC(=O)[C@H]1CCCN(C(=O)c2ccc(NC(=O)C(C)(C)C)cc2)C1. The molecule has 0 radical (unpaired) electrons. The summed E-state index contributed by atoms with van der Waals surface area (Å²) < 4.78 is 0. The van der Waals surface area contributed by atoms with Crippen molar-refractivity contribution in [2.45, 2.75) is 40.5 Å².